The monoisotopic (exact) mass is 390 g/mol. The van der Waals surface area contributed by atoms with Crippen LogP contribution in [0.4, 0.5) is 5.13 Å². The smallest absolute Gasteiger partial charge is 0.246 e. The number of unbranched alkanes of at least 4 members (excludes halogenated alkanes) is 3. The van der Waals surface area contributed by atoms with Crippen molar-refractivity contribution in [1.82, 2.24) is 10.4 Å². The summed E-state index contributed by atoms with van der Waals surface area (Å²) >= 11 is 1.30. The van der Waals surface area contributed by atoms with E-state index < -0.39 is 0 Å². The van der Waals surface area contributed by atoms with E-state index in [1.54, 1.807) is 18.7 Å². The van der Waals surface area contributed by atoms with E-state index in [2.05, 4.69) is 22.4 Å². The van der Waals surface area contributed by atoms with Crippen LogP contribution in [0.25, 0.3) is 0 Å². The quantitative estimate of drug-likeness (QED) is 0.348. The molecule has 0 bridgehead atoms. The largest absolute Gasteiger partial charge is 0.493 e. The van der Waals surface area contributed by atoms with Crippen LogP contribution in [0, 0.1) is 0 Å². The second-order valence-electron chi connectivity index (χ2n) is 5.97. The summed E-state index contributed by atoms with van der Waals surface area (Å²) in [5, 5.41) is 6.17. The van der Waals surface area contributed by atoms with E-state index in [0.717, 1.165) is 18.4 Å². The number of carbonyl (C=O) groups is 1. The zero-order valence-corrected chi connectivity index (χ0v) is 16.6. The Morgan fingerprint density at radius 3 is 2.89 bits per heavy atom. The van der Waals surface area contributed by atoms with Gasteiger partial charge in [0.1, 0.15) is 0 Å². The molecule has 0 aliphatic carbocycles. The van der Waals surface area contributed by atoms with Gasteiger partial charge in [0.2, 0.25) is 5.91 Å². The van der Waals surface area contributed by atoms with Gasteiger partial charge in [-0.2, -0.15) is 5.10 Å². The standard InChI is InChI=1S/C19H26N4O3S/c1-3-4-5-6-9-26-16-8-7-14(10-17(16)25-2)12-21-23-18(24)11-15-13-27-19(20)22-15/h7-8,10,12-13H,3-6,9,11H2,1-2H3,(H2,20,22)(H,23,24)/b21-12+. The van der Waals surface area contributed by atoms with Crippen LogP contribution in [0.5, 0.6) is 11.5 Å². The molecule has 2 rings (SSSR count). The molecule has 0 saturated heterocycles. The fourth-order valence-electron chi connectivity index (χ4n) is 2.38. The van der Waals surface area contributed by atoms with Crippen molar-refractivity contribution in [1.29, 1.82) is 0 Å². The third-order valence-electron chi connectivity index (χ3n) is 3.76. The van der Waals surface area contributed by atoms with Crippen molar-refractivity contribution in [2.45, 2.75) is 39.0 Å². The van der Waals surface area contributed by atoms with E-state index >= 15 is 0 Å². The second kappa shape index (κ2) is 11.2. The molecule has 1 amide bonds. The molecule has 8 heteroatoms. The number of rotatable bonds is 11. The molecule has 0 saturated carbocycles. The van der Waals surface area contributed by atoms with E-state index in [1.807, 2.05) is 18.2 Å². The van der Waals surface area contributed by atoms with Gasteiger partial charge in [-0.3, -0.25) is 4.79 Å². The predicted octanol–water partition coefficient (Wildman–Crippen LogP) is 3.39. The molecule has 2 aromatic rings. The molecule has 0 spiro atoms. The fourth-order valence-corrected chi connectivity index (χ4v) is 2.94. The highest BCUT2D eigenvalue weighted by atomic mass is 32.1. The second-order valence-corrected chi connectivity index (χ2v) is 6.86. The minimum atomic E-state index is -0.254. The molecule has 7 nitrogen and oxygen atoms in total. The summed E-state index contributed by atoms with van der Waals surface area (Å²) in [7, 11) is 1.60. The van der Waals surface area contributed by atoms with Crippen molar-refractivity contribution in [3.05, 3.63) is 34.8 Å². The third-order valence-corrected chi connectivity index (χ3v) is 4.48. The first-order chi connectivity index (χ1) is 13.1. The molecule has 0 aliphatic rings. The lowest BCUT2D eigenvalue weighted by atomic mass is 10.2. The molecular weight excluding hydrogens is 364 g/mol. The van der Waals surface area contributed by atoms with Crippen LogP contribution >= 0.6 is 11.3 Å². The molecule has 0 aliphatic heterocycles. The Bertz CT molecular complexity index is 761. The van der Waals surface area contributed by atoms with E-state index in [0.29, 0.717) is 28.9 Å². The number of hydrazone groups is 1. The van der Waals surface area contributed by atoms with Gasteiger partial charge in [-0.1, -0.05) is 26.2 Å². The first-order valence-corrected chi connectivity index (χ1v) is 9.83. The number of nitrogens with two attached hydrogens (primary N) is 1. The highest BCUT2D eigenvalue weighted by molar-refractivity contribution is 7.13. The minimum Gasteiger partial charge on any atom is -0.493 e. The number of carbonyl (C=O) groups excluding carboxylic acids is 1. The highest BCUT2D eigenvalue weighted by Gasteiger charge is 2.07. The van der Waals surface area contributed by atoms with Gasteiger partial charge in [0.25, 0.3) is 0 Å². The van der Waals surface area contributed by atoms with Crippen LogP contribution in [-0.2, 0) is 11.2 Å². The molecule has 27 heavy (non-hydrogen) atoms. The molecule has 0 atom stereocenters. The normalized spacial score (nSPS) is 10.9. The number of nitrogen functional groups attached to an aromatic ring is 1. The Balaban J connectivity index is 1.84. The van der Waals surface area contributed by atoms with Gasteiger partial charge in [-0.25, -0.2) is 10.4 Å². The molecule has 146 valence electrons. The minimum absolute atomic E-state index is 0.138. The van der Waals surface area contributed by atoms with Crippen molar-refractivity contribution >= 4 is 28.6 Å². The number of nitrogens with one attached hydrogen (secondary N) is 1. The number of benzene rings is 1. The molecule has 1 heterocycles. The molecule has 0 unspecified atom stereocenters. The first-order valence-electron chi connectivity index (χ1n) is 8.95. The zero-order chi connectivity index (χ0) is 19.5. The molecule has 0 fully saturated rings. The number of aromatic nitrogens is 1. The zero-order valence-electron chi connectivity index (χ0n) is 15.7. The summed E-state index contributed by atoms with van der Waals surface area (Å²) < 4.78 is 11.2. The third kappa shape index (κ3) is 7.26. The Morgan fingerprint density at radius 1 is 1.33 bits per heavy atom. The van der Waals surface area contributed by atoms with Crippen molar-refractivity contribution in [2.75, 3.05) is 19.5 Å². The van der Waals surface area contributed by atoms with Gasteiger partial charge in [0, 0.05) is 5.38 Å². The Hall–Kier alpha value is -2.61. The average Bonchev–Trinajstić information content (AvgIpc) is 3.06. The maximum absolute atomic E-state index is 11.8. The number of ether oxygens (including phenoxy) is 2. The number of amides is 1. The Labute approximate surface area is 163 Å². The number of methoxy groups -OCH3 is 1. The predicted molar refractivity (Wildman–Crippen MR) is 109 cm³/mol. The Kier molecular flexibility index (Phi) is 8.57. The van der Waals surface area contributed by atoms with Gasteiger partial charge < -0.3 is 15.2 Å². The maximum Gasteiger partial charge on any atom is 0.246 e. The number of nitrogens with zero attached hydrogens (tertiary/aromatic N) is 2. The summed E-state index contributed by atoms with van der Waals surface area (Å²) in [4.78, 5) is 15.9. The van der Waals surface area contributed by atoms with Crippen molar-refractivity contribution < 1.29 is 14.3 Å². The summed E-state index contributed by atoms with van der Waals surface area (Å²) in [6.07, 6.45) is 6.30. The lowest BCUT2D eigenvalue weighted by Gasteiger charge is -2.11. The van der Waals surface area contributed by atoms with Crippen molar-refractivity contribution in [2.24, 2.45) is 5.10 Å². The van der Waals surface area contributed by atoms with E-state index in [-0.39, 0.29) is 12.3 Å². The first kappa shape index (κ1) is 20.7. The number of thiazole rings is 1. The lowest BCUT2D eigenvalue weighted by Crippen LogP contribution is -2.19. The highest BCUT2D eigenvalue weighted by Crippen LogP contribution is 2.27. The molecule has 0 radical (unpaired) electrons. The van der Waals surface area contributed by atoms with Crippen LogP contribution in [-0.4, -0.2) is 30.8 Å². The van der Waals surface area contributed by atoms with Gasteiger partial charge in [0.05, 0.1) is 32.0 Å². The fraction of sp³-hybridized carbons (Fsp3) is 0.421. The van der Waals surface area contributed by atoms with E-state index in [9.17, 15) is 4.79 Å². The SMILES string of the molecule is CCCCCCOc1ccc(/C=N/NC(=O)Cc2csc(N)n2)cc1OC. The van der Waals surface area contributed by atoms with Crippen LogP contribution in [0.15, 0.2) is 28.7 Å². The molecule has 1 aromatic heterocycles. The Morgan fingerprint density at radius 2 is 2.19 bits per heavy atom. The van der Waals surface area contributed by atoms with Gasteiger partial charge in [-0.05, 0) is 30.2 Å². The van der Waals surface area contributed by atoms with Crippen LogP contribution in [0.3, 0.4) is 0 Å². The summed E-state index contributed by atoms with van der Waals surface area (Å²) in [5.41, 5.74) is 9.45. The number of anilines is 1. The van der Waals surface area contributed by atoms with Gasteiger partial charge in [0.15, 0.2) is 16.6 Å². The average molecular weight is 391 g/mol. The topological polar surface area (TPSA) is 98.8 Å². The van der Waals surface area contributed by atoms with Crippen LogP contribution in [0.1, 0.15) is 43.9 Å². The van der Waals surface area contributed by atoms with Crippen LogP contribution < -0.4 is 20.6 Å². The van der Waals surface area contributed by atoms with E-state index in [1.165, 1.54) is 24.2 Å². The number of hydrogen-bond acceptors (Lipinski definition) is 7. The van der Waals surface area contributed by atoms with Gasteiger partial charge in [-0.15, -0.1) is 11.3 Å². The van der Waals surface area contributed by atoms with Crippen LogP contribution in [0.2, 0.25) is 0 Å². The van der Waals surface area contributed by atoms with E-state index in [4.69, 9.17) is 15.2 Å². The molecular formula is C19H26N4O3S. The maximum atomic E-state index is 11.8. The molecule has 3 N–H and O–H groups in total. The van der Waals surface area contributed by atoms with Gasteiger partial charge >= 0.3 is 0 Å². The van der Waals surface area contributed by atoms with Crippen molar-refractivity contribution in [3.8, 4) is 11.5 Å². The summed E-state index contributed by atoms with van der Waals surface area (Å²) in [6, 6.07) is 5.53. The summed E-state index contributed by atoms with van der Waals surface area (Å²) in [5.74, 6) is 1.09. The summed E-state index contributed by atoms with van der Waals surface area (Å²) in [6.45, 7) is 2.85. The number of hydrogen-bond donors (Lipinski definition) is 2. The lowest BCUT2D eigenvalue weighted by molar-refractivity contribution is -0.120. The molecule has 1 aromatic carbocycles. The van der Waals surface area contributed by atoms with Crippen molar-refractivity contribution in [3.63, 3.8) is 0 Å².